The number of hydrogen-bond donors (Lipinski definition) is 1. The summed E-state index contributed by atoms with van der Waals surface area (Å²) in [6, 6.07) is 25.5. The average Bonchev–Trinajstić information content (AvgIpc) is 3.52. The van der Waals surface area contributed by atoms with Crippen molar-refractivity contribution in [1.29, 1.82) is 0 Å². The second-order valence-electron chi connectivity index (χ2n) is 8.37. The molecule has 1 N–H and O–H groups in total. The number of rotatable bonds is 5. The first-order chi connectivity index (χ1) is 16.7. The van der Waals surface area contributed by atoms with Crippen molar-refractivity contribution in [2.24, 2.45) is 0 Å². The van der Waals surface area contributed by atoms with Crippen LogP contribution in [-0.2, 0) is 6.42 Å². The normalized spacial score (nSPS) is 11.4. The number of hydrogen-bond acceptors (Lipinski definition) is 3. The zero-order chi connectivity index (χ0) is 23.1. The van der Waals surface area contributed by atoms with Crippen molar-refractivity contribution >= 4 is 21.8 Å². The van der Waals surface area contributed by atoms with Crippen molar-refractivity contribution in [3.05, 3.63) is 97.2 Å². The minimum Gasteiger partial charge on any atom is -0.497 e. The standard InChI is InChI=1S/C29H24N4O/c1-3-23-16-29(32-18-31-23)33-17-26(22-5-4-20-12-13-30-27(20)14-22)25-11-8-21(15-28(25)33)19-6-9-24(34-2)10-7-19/h4-18,30H,3H2,1-2H3. The van der Waals surface area contributed by atoms with Gasteiger partial charge in [-0.05, 0) is 58.8 Å². The van der Waals surface area contributed by atoms with Gasteiger partial charge in [0.25, 0.3) is 0 Å². The highest BCUT2D eigenvalue weighted by atomic mass is 16.5. The predicted octanol–water partition coefficient (Wildman–Crippen LogP) is 6.81. The Morgan fingerprint density at radius 3 is 2.50 bits per heavy atom. The molecule has 0 fully saturated rings. The topological polar surface area (TPSA) is 55.7 Å². The van der Waals surface area contributed by atoms with Gasteiger partial charge >= 0.3 is 0 Å². The molecule has 0 radical (unpaired) electrons. The number of aromatic amines is 1. The largest absolute Gasteiger partial charge is 0.497 e. The first-order valence-electron chi connectivity index (χ1n) is 11.4. The highest BCUT2D eigenvalue weighted by Crippen LogP contribution is 2.36. The Morgan fingerprint density at radius 2 is 1.68 bits per heavy atom. The molecule has 5 heteroatoms. The number of nitrogens with zero attached hydrogens (tertiary/aromatic N) is 3. The van der Waals surface area contributed by atoms with Gasteiger partial charge < -0.3 is 14.3 Å². The first kappa shape index (κ1) is 20.2. The van der Waals surface area contributed by atoms with Crippen LogP contribution >= 0.6 is 0 Å². The summed E-state index contributed by atoms with van der Waals surface area (Å²) in [5.74, 6) is 1.72. The smallest absolute Gasteiger partial charge is 0.140 e. The average molecular weight is 445 g/mol. The highest BCUT2D eigenvalue weighted by molar-refractivity contribution is 6.00. The molecule has 0 aliphatic rings. The molecule has 0 amide bonds. The Balaban J connectivity index is 1.57. The fourth-order valence-corrected chi connectivity index (χ4v) is 4.54. The molecular weight excluding hydrogens is 420 g/mol. The molecule has 0 aliphatic heterocycles. The molecule has 0 bridgehead atoms. The maximum absolute atomic E-state index is 5.33. The number of benzene rings is 3. The van der Waals surface area contributed by atoms with E-state index < -0.39 is 0 Å². The Labute approximate surface area is 197 Å². The SMILES string of the molecule is CCc1cc(-n2cc(-c3ccc4cc[nH]c4c3)c3ccc(-c4ccc(OC)cc4)cc32)ncn1. The molecule has 6 aromatic rings. The molecule has 0 spiro atoms. The van der Waals surface area contributed by atoms with Crippen LogP contribution in [0.2, 0.25) is 0 Å². The number of nitrogens with one attached hydrogen (secondary N) is 1. The molecule has 0 atom stereocenters. The van der Waals surface area contributed by atoms with Gasteiger partial charge in [0, 0.05) is 40.6 Å². The van der Waals surface area contributed by atoms with Crippen LogP contribution in [0.5, 0.6) is 5.75 Å². The van der Waals surface area contributed by atoms with Crippen LogP contribution in [0.1, 0.15) is 12.6 Å². The van der Waals surface area contributed by atoms with E-state index in [0.717, 1.165) is 45.8 Å². The summed E-state index contributed by atoms with van der Waals surface area (Å²) in [5.41, 5.74) is 7.88. The summed E-state index contributed by atoms with van der Waals surface area (Å²) >= 11 is 0. The van der Waals surface area contributed by atoms with Gasteiger partial charge in [0.2, 0.25) is 0 Å². The van der Waals surface area contributed by atoms with E-state index >= 15 is 0 Å². The van der Waals surface area contributed by atoms with Gasteiger partial charge in [-0.2, -0.15) is 0 Å². The van der Waals surface area contributed by atoms with Crippen molar-refractivity contribution in [3.63, 3.8) is 0 Å². The number of ether oxygens (including phenoxy) is 1. The van der Waals surface area contributed by atoms with E-state index in [4.69, 9.17) is 4.74 Å². The predicted molar refractivity (Wildman–Crippen MR) is 138 cm³/mol. The van der Waals surface area contributed by atoms with Crippen LogP contribution in [0.25, 0.3) is 49.9 Å². The van der Waals surface area contributed by atoms with E-state index in [1.807, 2.05) is 18.3 Å². The molecule has 6 rings (SSSR count). The summed E-state index contributed by atoms with van der Waals surface area (Å²) < 4.78 is 7.51. The minimum absolute atomic E-state index is 0.850. The monoisotopic (exact) mass is 444 g/mol. The summed E-state index contributed by atoms with van der Waals surface area (Å²) in [6.45, 7) is 2.11. The van der Waals surface area contributed by atoms with Crippen molar-refractivity contribution < 1.29 is 4.74 Å². The number of methoxy groups -OCH3 is 1. The molecule has 0 saturated carbocycles. The van der Waals surface area contributed by atoms with Gasteiger partial charge in [0.1, 0.15) is 17.9 Å². The van der Waals surface area contributed by atoms with Gasteiger partial charge in [0.15, 0.2) is 0 Å². The lowest BCUT2D eigenvalue weighted by Gasteiger charge is -2.08. The molecule has 0 saturated heterocycles. The summed E-state index contributed by atoms with van der Waals surface area (Å²) in [7, 11) is 1.69. The molecule has 34 heavy (non-hydrogen) atoms. The molecule has 3 heterocycles. The van der Waals surface area contributed by atoms with E-state index in [9.17, 15) is 0 Å². The number of aromatic nitrogens is 4. The van der Waals surface area contributed by atoms with Gasteiger partial charge in [-0.3, -0.25) is 0 Å². The molecule has 166 valence electrons. The fraction of sp³-hybridized carbons (Fsp3) is 0.103. The van der Waals surface area contributed by atoms with Crippen LogP contribution in [0.15, 0.2) is 91.5 Å². The summed E-state index contributed by atoms with van der Waals surface area (Å²) in [6.07, 6.45) is 6.68. The first-order valence-corrected chi connectivity index (χ1v) is 11.4. The Hall–Kier alpha value is -4.38. The zero-order valence-corrected chi connectivity index (χ0v) is 19.1. The van der Waals surface area contributed by atoms with E-state index in [0.29, 0.717) is 0 Å². The molecule has 0 unspecified atom stereocenters. The second kappa shape index (κ2) is 8.19. The van der Waals surface area contributed by atoms with Gasteiger partial charge in [-0.25, -0.2) is 9.97 Å². The second-order valence-corrected chi connectivity index (χ2v) is 8.37. The molecule has 3 aromatic heterocycles. The van der Waals surface area contributed by atoms with Gasteiger partial charge in [-0.1, -0.05) is 43.3 Å². The van der Waals surface area contributed by atoms with Crippen molar-refractivity contribution in [2.75, 3.05) is 7.11 Å². The lowest BCUT2D eigenvalue weighted by Crippen LogP contribution is -1.99. The molecule has 0 aliphatic carbocycles. The van der Waals surface area contributed by atoms with E-state index in [-0.39, 0.29) is 0 Å². The third-order valence-electron chi connectivity index (χ3n) is 6.41. The maximum atomic E-state index is 5.33. The van der Waals surface area contributed by atoms with E-state index in [2.05, 4.69) is 93.3 Å². The summed E-state index contributed by atoms with van der Waals surface area (Å²) in [4.78, 5) is 12.3. The molecule has 3 aromatic carbocycles. The minimum atomic E-state index is 0.850. The van der Waals surface area contributed by atoms with Crippen molar-refractivity contribution in [2.45, 2.75) is 13.3 Å². The van der Waals surface area contributed by atoms with Gasteiger partial charge in [-0.15, -0.1) is 0 Å². The van der Waals surface area contributed by atoms with Crippen LogP contribution in [-0.4, -0.2) is 26.6 Å². The zero-order valence-electron chi connectivity index (χ0n) is 19.1. The van der Waals surface area contributed by atoms with Crippen molar-refractivity contribution in [1.82, 2.24) is 19.5 Å². The summed E-state index contributed by atoms with van der Waals surface area (Å²) in [5, 5.41) is 2.39. The molecular formula is C29H24N4O. The van der Waals surface area contributed by atoms with Crippen LogP contribution in [0.4, 0.5) is 0 Å². The van der Waals surface area contributed by atoms with Crippen LogP contribution in [0, 0.1) is 0 Å². The quantitative estimate of drug-likeness (QED) is 0.318. The third kappa shape index (κ3) is 3.42. The third-order valence-corrected chi connectivity index (χ3v) is 6.41. The number of fused-ring (bicyclic) bond motifs is 2. The van der Waals surface area contributed by atoms with Crippen LogP contribution < -0.4 is 4.74 Å². The molecule has 5 nitrogen and oxygen atoms in total. The van der Waals surface area contributed by atoms with E-state index in [1.54, 1.807) is 13.4 Å². The Bertz CT molecular complexity index is 1630. The van der Waals surface area contributed by atoms with Crippen molar-refractivity contribution in [3.8, 4) is 33.8 Å². The van der Waals surface area contributed by atoms with Gasteiger partial charge in [0.05, 0.1) is 12.6 Å². The maximum Gasteiger partial charge on any atom is 0.140 e. The lowest BCUT2D eigenvalue weighted by atomic mass is 10.00. The van der Waals surface area contributed by atoms with E-state index in [1.165, 1.54) is 21.9 Å². The Kier molecular flexibility index (Phi) is 4.88. The lowest BCUT2D eigenvalue weighted by molar-refractivity contribution is 0.415. The fourth-order valence-electron chi connectivity index (χ4n) is 4.54. The highest BCUT2D eigenvalue weighted by Gasteiger charge is 2.15. The number of H-pyrrole nitrogens is 1. The number of aryl methyl sites for hydroxylation is 1. The van der Waals surface area contributed by atoms with Crippen LogP contribution in [0.3, 0.4) is 0 Å². The Morgan fingerprint density at radius 1 is 0.853 bits per heavy atom.